The summed E-state index contributed by atoms with van der Waals surface area (Å²) in [4.78, 5) is 13.0. The first kappa shape index (κ1) is 18.2. The second kappa shape index (κ2) is 7.42. The molecule has 1 aliphatic carbocycles. The molecule has 2 aromatic carbocycles. The van der Waals surface area contributed by atoms with Crippen LogP contribution in [0, 0.1) is 5.41 Å². The number of hydrogen-bond acceptors (Lipinski definition) is 5. The van der Waals surface area contributed by atoms with E-state index in [1.54, 1.807) is 6.07 Å². The Hall–Kier alpha value is -3.22. The summed E-state index contributed by atoms with van der Waals surface area (Å²) >= 11 is 0. The van der Waals surface area contributed by atoms with Crippen LogP contribution in [0.5, 0.6) is 0 Å². The maximum absolute atomic E-state index is 13.0. The first-order chi connectivity index (χ1) is 13.5. The third kappa shape index (κ3) is 4.03. The van der Waals surface area contributed by atoms with E-state index >= 15 is 0 Å². The third-order valence-corrected chi connectivity index (χ3v) is 5.29. The second-order valence-corrected chi connectivity index (χ2v) is 8.03. The summed E-state index contributed by atoms with van der Waals surface area (Å²) in [5.74, 6) is 0.270. The minimum Gasteiger partial charge on any atom is -0.345 e. The Labute approximate surface area is 163 Å². The summed E-state index contributed by atoms with van der Waals surface area (Å²) in [6, 6.07) is 15.7. The summed E-state index contributed by atoms with van der Waals surface area (Å²) in [6.07, 6.45) is 3.07. The molecule has 4 rings (SSSR count). The molecule has 1 unspecified atom stereocenters. The van der Waals surface area contributed by atoms with Crippen molar-refractivity contribution < 1.29 is 4.79 Å². The average Bonchev–Trinajstić information content (AvgIpc) is 3.15. The van der Waals surface area contributed by atoms with E-state index < -0.39 is 0 Å². The van der Waals surface area contributed by atoms with Gasteiger partial charge in [0.2, 0.25) is 0 Å². The molecular formula is C21H24N6O. The minimum atomic E-state index is -0.0886. The van der Waals surface area contributed by atoms with Crippen LogP contribution in [0.2, 0.25) is 0 Å². The minimum absolute atomic E-state index is 0.00461. The Kier molecular flexibility index (Phi) is 4.81. The van der Waals surface area contributed by atoms with E-state index in [9.17, 15) is 4.79 Å². The van der Waals surface area contributed by atoms with Crippen LogP contribution in [0.1, 0.15) is 54.2 Å². The van der Waals surface area contributed by atoms with E-state index in [0.717, 1.165) is 24.9 Å². The van der Waals surface area contributed by atoms with Crippen molar-refractivity contribution in [3.63, 3.8) is 0 Å². The number of aromatic amines is 1. The first-order valence-electron chi connectivity index (χ1n) is 9.49. The maximum Gasteiger partial charge on any atom is 0.267 e. The fraction of sp³-hybridized carbons (Fsp3) is 0.333. The zero-order valence-electron chi connectivity index (χ0n) is 16.1. The van der Waals surface area contributed by atoms with Gasteiger partial charge in [-0.05, 0) is 59.2 Å². The van der Waals surface area contributed by atoms with Gasteiger partial charge in [0.1, 0.15) is 0 Å². The van der Waals surface area contributed by atoms with Crippen LogP contribution in [-0.4, -0.2) is 26.5 Å². The Morgan fingerprint density at radius 2 is 2.04 bits per heavy atom. The summed E-state index contributed by atoms with van der Waals surface area (Å²) in [5, 5.41) is 19.9. The van der Waals surface area contributed by atoms with Gasteiger partial charge < -0.3 is 10.6 Å². The molecule has 0 bridgehead atoms. The van der Waals surface area contributed by atoms with Crippen molar-refractivity contribution in [2.24, 2.45) is 5.41 Å². The molecule has 0 fully saturated rings. The molecule has 7 nitrogen and oxygen atoms in total. The lowest BCUT2D eigenvalue weighted by Crippen LogP contribution is -2.31. The van der Waals surface area contributed by atoms with Crippen LogP contribution >= 0.6 is 0 Å². The van der Waals surface area contributed by atoms with Crippen LogP contribution in [0.4, 0.5) is 11.6 Å². The topological polar surface area (TPSA) is 95.6 Å². The highest BCUT2D eigenvalue weighted by atomic mass is 16.1. The number of carbonyl (C=O) groups excluding carboxylic acids is 1. The van der Waals surface area contributed by atoms with Gasteiger partial charge in [-0.3, -0.25) is 4.79 Å². The van der Waals surface area contributed by atoms with Crippen LogP contribution in [0.3, 0.4) is 0 Å². The smallest absolute Gasteiger partial charge is 0.267 e. The van der Waals surface area contributed by atoms with Gasteiger partial charge in [-0.15, -0.1) is 5.10 Å². The third-order valence-electron chi connectivity index (χ3n) is 5.29. The highest BCUT2D eigenvalue weighted by Crippen LogP contribution is 2.39. The summed E-state index contributed by atoms with van der Waals surface area (Å²) in [6.45, 7) is 4.54. The fourth-order valence-electron chi connectivity index (χ4n) is 3.79. The van der Waals surface area contributed by atoms with E-state index in [0.29, 0.717) is 11.5 Å². The summed E-state index contributed by atoms with van der Waals surface area (Å²) in [7, 11) is 0. The molecule has 3 N–H and O–H groups in total. The SMILES string of the molecule is CC1(C)CCc2ccccc2C(NC(=O)c2cccc(Nc3nn[nH]n3)c2)C1. The molecule has 0 aliphatic heterocycles. The quantitative estimate of drug-likeness (QED) is 0.602. The molecule has 28 heavy (non-hydrogen) atoms. The van der Waals surface area contributed by atoms with Gasteiger partial charge >= 0.3 is 0 Å². The molecule has 1 amide bonds. The van der Waals surface area contributed by atoms with Gasteiger partial charge in [0.25, 0.3) is 11.9 Å². The number of H-pyrrole nitrogens is 1. The molecule has 0 saturated carbocycles. The molecule has 1 heterocycles. The number of aromatic nitrogens is 4. The number of nitrogens with one attached hydrogen (secondary N) is 3. The number of anilines is 2. The van der Waals surface area contributed by atoms with Crippen LogP contribution in [0.15, 0.2) is 48.5 Å². The Morgan fingerprint density at radius 3 is 2.86 bits per heavy atom. The van der Waals surface area contributed by atoms with Crippen molar-refractivity contribution >= 4 is 17.5 Å². The van der Waals surface area contributed by atoms with Crippen molar-refractivity contribution in [1.29, 1.82) is 0 Å². The molecule has 144 valence electrons. The molecule has 7 heteroatoms. The molecule has 0 saturated heterocycles. The number of fused-ring (bicyclic) bond motifs is 1. The van der Waals surface area contributed by atoms with Gasteiger partial charge in [0, 0.05) is 11.3 Å². The van der Waals surface area contributed by atoms with Crippen LogP contribution in [-0.2, 0) is 6.42 Å². The zero-order chi connectivity index (χ0) is 19.6. The second-order valence-electron chi connectivity index (χ2n) is 8.03. The number of carbonyl (C=O) groups is 1. The normalized spacial score (nSPS) is 18.0. The predicted molar refractivity (Wildman–Crippen MR) is 107 cm³/mol. The maximum atomic E-state index is 13.0. The molecule has 0 spiro atoms. The van der Waals surface area contributed by atoms with Crippen LogP contribution < -0.4 is 10.6 Å². The van der Waals surface area contributed by atoms with Crippen LogP contribution in [0.25, 0.3) is 0 Å². The highest BCUT2D eigenvalue weighted by Gasteiger charge is 2.30. The van der Waals surface area contributed by atoms with Gasteiger partial charge in [-0.1, -0.05) is 49.3 Å². The Balaban J connectivity index is 1.55. The monoisotopic (exact) mass is 376 g/mol. The van der Waals surface area contributed by atoms with E-state index in [-0.39, 0.29) is 17.4 Å². The van der Waals surface area contributed by atoms with Crippen molar-refractivity contribution in [1.82, 2.24) is 25.9 Å². The number of aryl methyl sites for hydroxylation is 1. The summed E-state index contributed by atoms with van der Waals surface area (Å²) in [5.41, 5.74) is 4.04. The fourth-order valence-corrected chi connectivity index (χ4v) is 3.79. The van der Waals surface area contributed by atoms with E-state index in [4.69, 9.17) is 0 Å². The Bertz CT molecular complexity index is 967. The summed E-state index contributed by atoms with van der Waals surface area (Å²) < 4.78 is 0. The van der Waals surface area contributed by atoms with E-state index in [2.05, 4.69) is 63.3 Å². The lowest BCUT2D eigenvalue weighted by atomic mass is 9.83. The molecule has 1 atom stereocenters. The number of nitrogens with zero attached hydrogens (tertiary/aromatic N) is 3. The first-order valence-corrected chi connectivity index (χ1v) is 9.49. The zero-order valence-corrected chi connectivity index (χ0v) is 16.1. The van der Waals surface area contributed by atoms with E-state index in [1.165, 1.54) is 11.1 Å². The van der Waals surface area contributed by atoms with Gasteiger partial charge in [0.15, 0.2) is 0 Å². The average molecular weight is 376 g/mol. The van der Waals surface area contributed by atoms with Gasteiger partial charge in [-0.2, -0.15) is 5.21 Å². The number of benzene rings is 2. The molecule has 1 aliphatic rings. The van der Waals surface area contributed by atoms with Gasteiger partial charge in [0.05, 0.1) is 6.04 Å². The van der Waals surface area contributed by atoms with Crippen molar-refractivity contribution in [2.75, 3.05) is 5.32 Å². The van der Waals surface area contributed by atoms with Crippen molar-refractivity contribution in [2.45, 2.75) is 39.2 Å². The van der Waals surface area contributed by atoms with E-state index in [1.807, 2.05) is 24.3 Å². The molecular weight excluding hydrogens is 352 g/mol. The van der Waals surface area contributed by atoms with Crippen molar-refractivity contribution in [3.05, 3.63) is 65.2 Å². The Morgan fingerprint density at radius 1 is 1.18 bits per heavy atom. The lowest BCUT2D eigenvalue weighted by Gasteiger charge is -2.27. The number of hydrogen-bond donors (Lipinski definition) is 3. The number of amides is 1. The lowest BCUT2D eigenvalue weighted by molar-refractivity contribution is 0.0925. The standard InChI is InChI=1S/C21H24N6O/c1-21(2)11-10-14-6-3-4-9-17(14)18(13-21)23-19(28)15-7-5-8-16(12-15)22-20-24-26-27-25-20/h3-9,12,18H,10-11,13H2,1-2H3,(H,23,28)(H2,22,24,25,26,27). The number of rotatable bonds is 4. The molecule has 0 radical (unpaired) electrons. The molecule has 1 aromatic heterocycles. The van der Waals surface area contributed by atoms with Gasteiger partial charge in [-0.25, -0.2) is 0 Å². The highest BCUT2D eigenvalue weighted by molar-refractivity contribution is 5.95. The van der Waals surface area contributed by atoms with Crippen molar-refractivity contribution in [3.8, 4) is 0 Å². The predicted octanol–water partition coefficient (Wildman–Crippen LogP) is 3.78. The largest absolute Gasteiger partial charge is 0.345 e. The number of tetrazole rings is 1. The molecule has 3 aromatic rings.